The highest BCUT2D eigenvalue weighted by atomic mass is 35.5. The highest BCUT2D eigenvalue weighted by molar-refractivity contribution is 6.30. The zero-order valence-corrected chi connectivity index (χ0v) is 9.04. The summed E-state index contributed by atoms with van der Waals surface area (Å²) in [5.41, 5.74) is -0.874. The van der Waals surface area contributed by atoms with Crippen molar-refractivity contribution in [3.8, 4) is 0 Å². The second kappa shape index (κ2) is 3.71. The van der Waals surface area contributed by atoms with Gasteiger partial charge in [0.1, 0.15) is 5.82 Å². The van der Waals surface area contributed by atoms with E-state index in [-0.39, 0.29) is 17.9 Å². The van der Waals surface area contributed by atoms with E-state index in [0.717, 1.165) is 12.1 Å². The van der Waals surface area contributed by atoms with Crippen LogP contribution in [-0.4, -0.2) is 22.3 Å². The Kier molecular flexibility index (Phi) is 2.64. The average Bonchev–Trinajstić information content (AvgIpc) is 2.10. The van der Waals surface area contributed by atoms with Crippen LogP contribution >= 0.6 is 11.6 Å². The maximum Gasteiger partial charge on any atom is 0.314 e. The number of carbonyl (C=O) groups is 1. The first kappa shape index (κ1) is 11.4. The molecule has 2 rings (SSSR count). The lowest BCUT2D eigenvalue weighted by atomic mass is 9.63. The van der Waals surface area contributed by atoms with Gasteiger partial charge in [-0.25, -0.2) is 4.39 Å². The summed E-state index contributed by atoms with van der Waals surface area (Å²) in [4.78, 5) is 11.2. The predicted molar refractivity (Wildman–Crippen MR) is 56.0 cm³/mol. The van der Waals surface area contributed by atoms with Crippen molar-refractivity contribution in [3.05, 3.63) is 34.6 Å². The van der Waals surface area contributed by atoms with Crippen molar-refractivity contribution >= 4 is 17.6 Å². The number of rotatable bonds is 2. The van der Waals surface area contributed by atoms with E-state index in [4.69, 9.17) is 16.7 Å². The van der Waals surface area contributed by atoms with Crippen LogP contribution in [0, 0.1) is 5.82 Å². The van der Waals surface area contributed by atoms with Crippen LogP contribution in [0.15, 0.2) is 18.2 Å². The number of halogens is 2. The van der Waals surface area contributed by atoms with E-state index in [1.807, 2.05) is 0 Å². The quantitative estimate of drug-likeness (QED) is 0.836. The molecule has 1 fully saturated rings. The lowest BCUT2D eigenvalue weighted by Crippen LogP contribution is -2.50. The van der Waals surface area contributed by atoms with E-state index >= 15 is 0 Å². The predicted octanol–water partition coefficient (Wildman–Crippen LogP) is 1.96. The maximum atomic E-state index is 13.1. The Bertz CT molecular complexity index is 421. The molecule has 0 heterocycles. The van der Waals surface area contributed by atoms with E-state index in [1.54, 1.807) is 0 Å². The molecule has 0 unspecified atom stereocenters. The van der Waals surface area contributed by atoms with Crippen molar-refractivity contribution in [3.63, 3.8) is 0 Å². The number of carboxylic acid groups (broad SMARTS) is 1. The fourth-order valence-electron chi connectivity index (χ4n) is 2.11. The molecule has 0 atom stereocenters. The number of aliphatic hydroxyl groups is 1. The summed E-state index contributed by atoms with van der Waals surface area (Å²) < 4.78 is 13.1. The van der Waals surface area contributed by atoms with Crippen LogP contribution in [0.4, 0.5) is 4.39 Å². The zero-order chi connectivity index (χ0) is 11.9. The molecule has 0 spiro atoms. The minimum absolute atomic E-state index is 0.0993. The van der Waals surface area contributed by atoms with Crippen molar-refractivity contribution in [1.29, 1.82) is 0 Å². The molecule has 0 saturated heterocycles. The molecule has 16 heavy (non-hydrogen) atoms. The van der Waals surface area contributed by atoms with Crippen molar-refractivity contribution in [2.24, 2.45) is 0 Å². The Balaban J connectivity index is 2.45. The monoisotopic (exact) mass is 244 g/mol. The third-order valence-corrected chi connectivity index (χ3v) is 3.21. The molecule has 0 aromatic heterocycles. The van der Waals surface area contributed by atoms with Crippen molar-refractivity contribution in [2.45, 2.75) is 24.4 Å². The van der Waals surface area contributed by atoms with Gasteiger partial charge in [0.05, 0.1) is 11.5 Å². The van der Waals surface area contributed by atoms with Crippen LogP contribution in [-0.2, 0) is 10.2 Å². The Morgan fingerprint density at radius 3 is 2.50 bits per heavy atom. The van der Waals surface area contributed by atoms with Gasteiger partial charge >= 0.3 is 5.97 Å². The average molecular weight is 245 g/mol. The smallest absolute Gasteiger partial charge is 0.314 e. The van der Waals surface area contributed by atoms with E-state index in [2.05, 4.69) is 0 Å². The fourth-order valence-corrected chi connectivity index (χ4v) is 2.33. The maximum absolute atomic E-state index is 13.1. The van der Waals surface area contributed by atoms with E-state index < -0.39 is 23.3 Å². The molecule has 86 valence electrons. The SMILES string of the molecule is O=C(O)C1(c2cc(F)cc(Cl)c2)CC(O)C1. The van der Waals surface area contributed by atoms with Gasteiger partial charge in [0.15, 0.2) is 0 Å². The van der Waals surface area contributed by atoms with Gasteiger partial charge in [0.25, 0.3) is 0 Å². The highest BCUT2D eigenvalue weighted by Gasteiger charge is 2.51. The fraction of sp³-hybridized carbons (Fsp3) is 0.364. The van der Waals surface area contributed by atoms with Crippen LogP contribution in [0.3, 0.4) is 0 Å². The molecule has 0 aliphatic heterocycles. The lowest BCUT2D eigenvalue weighted by Gasteiger charge is -2.42. The number of carboxylic acids is 1. The Morgan fingerprint density at radius 2 is 2.06 bits per heavy atom. The Labute approximate surface area is 96.5 Å². The second-order valence-corrected chi connectivity index (χ2v) is 4.54. The summed E-state index contributed by atoms with van der Waals surface area (Å²) in [6.07, 6.45) is -0.442. The van der Waals surface area contributed by atoms with E-state index in [1.165, 1.54) is 6.07 Å². The first-order chi connectivity index (χ1) is 7.44. The molecule has 3 nitrogen and oxygen atoms in total. The molecule has 0 bridgehead atoms. The Hall–Kier alpha value is -1.13. The number of aliphatic hydroxyl groups excluding tert-OH is 1. The summed E-state index contributed by atoms with van der Waals surface area (Å²) in [5.74, 6) is -1.62. The van der Waals surface area contributed by atoms with Gasteiger partial charge in [0, 0.05) is 5.02 Å². The Morgan fingerprint density at radius 1 is 1.44 bits per heavy atom. The minimum Gasteiger partial charge on any atom is -0.481 e. The summed E-state index contributed by atoms with van der Waals surface area (Å²) >= 11 is 5.68. The molecule has 1 aliphatic rings. The molecular formula is C11H10ClFO3. The number of aliphatic carboxylic acids is 1. The third-order valence-electron chi connectivity index (χ3n) is 2.99. The minimum atomic E-state index is -1.19. The molecule has 0 radical (unpaired) electrons. The number of benzene rings is 1. The third kappa shape index (κ3) is 1.68. The van der Waals surface area contributed by atoms with Crippen molar-refractivity contribution in [2.75, 3.05) is 0 Å². The van der Waals surface area contributed by atoms with Gasteiger partial charge in [0.2, 0.25) is 0 Å². The van der Waals surface area contributed by atoms with Crippen molar-refractivity contribution < 1.29 is 19.4 Å². The van der Waals surface area contributed by atoms with Crippen LogP contribution in [0.2, 0.25) is 5.02 Å². The zero-order valence-electron chi connectivity index (χ0n) is 8.28. The number of hydrogen-bond donors (Lipinski definition) is 2. The van der Waals surface area contributed by atoms with E-state index in [0.29, 0.717) is 5.56 Å². The van der Waals surface area contributed by atoms with Gasteiger partial charge in [-0.3, -0.25) is 4.79 Å². The first-order valence-electron chi connectivity index (χ1n) is 4.82. The molecule has 1 aromatic rings. The largest absolute Gasteiger partial charge is 0.481 e. The molecule has 2 N–H and O–H groups in total. The van der Waals surface area contributed by atoms with Crippen molar-refractivity contribution in [1.82, 2.24) is 0 Å². The van der Waals surface area contributed by atoms with Gasteiger partial charge in [-0.2, -0.15) is 0 Å². The summed E-state index contributed by atoms with van der Waals surface area (Å²) in [6, 6.07) is 3.71. The first-order valence-corrected chi connectivity index (χ1v) is 5.20. The van der Waals surface area contributed by atoms with Crippen LogP contribution in [0.25, 0.3) is 0 Å². The lowest BCUT2D eigenvalue weighted by molar-refractivity contribution is -0.152. The van der Waals surface area contributed by atoms with Crippen LogP contribution < -0.4 is 0 Å². The summed E-state index contributed by atoms with van der Waals surface area (Å²) in [6.45, 7) is 0. The second-order valence-electron chi connectivity index (χ2n) is 4.11. The molecule has 0 amide bonds. The highest BCUT2D eigenvalue weighted by Crippen LogP contribution is 2.44. The number of hydrogen-bond acceptors (Lipinski definition) is 2. The van der Waals surface area contributed by atoms with Gasteiger partial charge < -0.3 is 10.2 Å². The molecule has 1 aromatic carbocycles. The normalized spacial score (nSPS) is 28.6. The van der Waals surface area contributed by atoms with Gasteiger partial charge in [-0.15, -0.1) is 0 Å². The molecule has 5 heteroatoms. The molecule has 1 saturated carbocycles. The molecule has 1 aliphatic carbocycles. The topological polar surface area (TPSA) is 57.5 Å². The standard InChI is InChI=1S/C11H10ClFO3/c12-7-1-6(2-8(13)3-7)11(10(15)16)4-9(14)5-11/h1-3,9,14H,4-5H2,(H,15,16). The summed E-state index contributed by atoms with van der Waals surface area (Å²) in [7, 11) is 0. The van der Waals surface area contributed by atoms with Crippen LogP contribution in [0.5, 0.6) is 0 Å². The molecular weight excluding hydrogens is 235 g/mol. The van der Waals surface area contributed by atoms with Gasteiger partial charge in [-0.1, -0.05) is 11.6 Å². The summed E-state index contributed by atoms with van der Waals surface area (Å²) in [5, 5.41) is 18.6. The van der Waals surface area contributed by atoms with Crippen LogP contribution in [0.1, 0.15) is 18.4 Å². The van der Waals surface area contributed by atoms with Gasteiger partial charge in [-0.05, 0) is 36.6 Å². The van der Waals surface area contributed by atoms with E-state index in [9.17, 15) is 14.3 Å².